The molecule has 0 aliphatic rings. The molecule has 0 saturated heterocycles. The van der Waals surface area contributed by atoms with Gasteiger partial charge < -0.3 is 0 Å². The van der Waals surface area contributed by atoms with Gasteiger partial charge in [0.05, 0.1) is 5.69 Å². The summed E-state index contributed by atoms with van der Waals surface area (Å²) in [6.07, 6.45) is 4.95. The molecule has 1 aromatic rings. The number of nitrogens with zero attached hydrogens (tertiary/aromatic N) is 1. The normalized spacial score (nSPS) is 10.2. The van der Waals surface area contributed by atoms with Gasteiger partial charge in [-0.2, -0.15) is 5.10 Å². The lowest BCUT2D eigenvalue weighted by Crippen LogP contribution is -1.88. The van der Waals surface area contributed by atoms with Gasteiger partial charge in [0.15, 0.2) is 0 Å². The second kappa shape index (κ2) is 3.40. The van der Waals surface area contributed by atoms with E-state index >= 15 is 0 Å². The van der Waals surface area contributed by atoms with Crippen LogP contribution in [0, 0.1) is 6.92 Å². The molecule has 0 spiro atoms. The Hall–Kier alpha value is -0.790. The predicted octanol–water partition coefficient (Wildman–Crippen LogP) is 1.74. The van der Waals surface area contributed by atoms with Gasteiger partial charge in [-0.3, -0.25) is 5.10 Å². The quantitative estimate of drug-likeness (QED) is 0.675. The van der Waals surface area contributed by atoms with E-state index in [0.29, 0.717) is 0 Å². The van der Waals surface area contributed by atoms with Gasteiger partial charge in [-0.15, -0.1) is 0 Å². The molecule has 55 valence electrons. The second-order valence-electron chi connectivity index (χ2n) is 2.31. The van der Waals surface area contributed by atoms with Gasteiger partial charge >= 0.3 is 0 Å². The lowest BCUT2D eigenvalue weighted by Gasteiger charge is -1.93. The molecule has 1 radical (unpaired) electrons. The van der Waals surface area contributed by atoms with Crippen LogP contribution >= 0.6 is 0 Å². The Morgan fingerprint density at radius 2 is 2.50 bits per heavy atom. The van der Waals surface area contributed by atoms with Crippen LogP contribution in [0.5, 0.6) is 0 Å². The van der Waals surface area contributed by atoms with Crippen molar-refractivity contribution >= 4 is 0 Å². The van der Waals surface area contributed by atoms with Gasteiger partial charge in [0.1, 0.15) is 0 Å². The molecule has 0 aliphatic carbocycles. The Morgan fingerprint density at radius 3 is 3.10 bits per heavy atom. The maximum atomic E-state index is 4.11. The molecule has 2 nitrogen and oxygen atoms in total. The van der Waals surface area contributed by atoms with Gasteiger partial charge in [0, 0.05) is 6.20 Å². The fraction of sp³-hybridized carbons (Fsp3) is 0.500. The molecule has 0 aliphatic heterocycles. The van der Waals surface area contributed by atoms with Crippen LogP contribution in [0.1, 0.15) is 24.6 Å². The van der Waals surface area contributed by atoms with Crippen molar-refractivity contribution in [2.45, 2.75) is 26.2 Å². The fourth-order valence-electron chi connectivity index (χ4n) is 1.03. The van der Waals surface area contributed by atoms with E-state index < -0.39 is 0 Å². The minimum Gasteiger partial charge on any atom is -0.285 e. The molecule has 0 amide bonds. The van der Waals surface area contributed by atoms with Crippen molar-refractivity contribution in [2.24, 2.45) is 0 Å². The number of rotatable bonds is 3. The topological polar surface area (TPSA) is 28.7 Å². The fourth-order valence-corrected chi connectivity index (χ4v) is 1.03. The monoisotopic (exact) mass is 137 g/mol. The van der Waals surface area contributed by atoms with Crippen molar-refractivity contribution in [3.05, 3.63) is 24.4 Å². The summed E-state index contributed by atoms with van der Waals surface area (Å²) in [5.74, 6) is 0. The summed E-state index contributed by atoms with van der Waals surface area (Å²) >= 11 is 0. The maximum absolute atomic E-state index is 4.11. The minimum atomic E-state index is 0.928. The van der Waals surface area contributed by atoms with Crippen molar-refractivity contribution in [3.63, 3.8) is 0 Å². The van der Waals surface area contributed by atoms with Crippen molar-refractivity contribution in [1.29, 1.82) is 0 Å². The third kappa shape index (κ3) is 1.38. The summed E-state index contributed by atoms with van der Waals surface area (Å²) in [7, 11) is 0. The SMILES string of the molecule is [CH2]CCc1n[nH]cc1CC. The van der Waals surface area contributed by atoms with Crippen LogP contribution in [-0.4, -0.2) is 10.2 Å². The first-order valence-electron chi connectivity index (χ1n) is 3.69. The highest BCUT2D eigenvalue weighted by molar-refractivity contribution is 5.15. The summed E-state index contributed by atoms with van der Waals surface area (Å²) in [4.78, 5) is 0. The molecule has 0 saturated carbocycles. The number of hydrogen-bond acceptors (Lipinski definition) is 1. The first-order chi connectivity index (χ1) is 4.88. The van der Waals surface area contributed by atoms with Crippen molar-refractivity contribution in [3.8, 4) is 0 Å². The average molecular weight is 137 g/mol. The smallest absolute Gasteiger partial charge is 0.0653 e. The van der Waals surface area contributed by atoms with Crippen LogP contribution < -0.4 is 0 Å². The lowest BCUT2D eigenvalue weighted by molar-refractivity contribution is 0.897. The molecular formula is C8H13N2. The Kier molecular flexibility index (Phi) is 2.49. The zero-order valence-electron chi connectivity index (χ0n) is 6.35. The summed E-state index contributed by atoms with van der Waals surface area (Å²) in [6, 6.07) is 0. The van der Waals surface area contributed by atoms with Gasteiger partial charge in [0.25, 0.3) is 0 Å². The summed E-state index contributed by atoms with van der Waals surface area (Å²) < 4.78 is 0. The zero-order valence-corrected chi connectivity index (χ0v) is 6.35. The zero-order chi connectivity index (χ0) is 7.40. The highest BCUT2D eigenvalue weighted by atomic mass is 15.1. The van der Waals surface area contributed by atoms with E-state index in [-0.39, 0.29) is 0 Å². The molecule has 10 heavy (non-hydrogen) atoms. The van der Waals surface area contributed by atoms with Crippen LogP contribution in [0.4, 0.5) is 0 Å². The predicted molar refractivity (Wildman–Crippen MR) is 41.6 cm³/mol. The molecule has 0 aromatic carbocycles. The summed E-state index contributed by atoms with van der Waals surface area (Å²) in [5.41, 5.74) is 2.50. The van der Waals surface area contributed by atoms with E-state index in [1.807, 2.05) is 6.20 Å². The largest absolute Gasteiger partial charge is 0.285 e. The van der Waals surface area contributed by atoms with E-state index in [2.05, 4.69) is 24.0 Å². The van der Waals surface area contributed by atoms with Crippen molar-refractivity contribution in [1.82, 2.24) is 10.2 Å². The van der Waals surface area contributed by atoms with E-state index in [4.69, 9.17) is 0 Å². The standard InChI is InChI=1S/C8H13N2/c1-3-5-8-7(4-2)6-9-10-8/h6H,1,3-5H2,2H3,(H,9,10). The Morgan fingerprint density at radius 1 is 1.70 bits per heavy atom. The number of aryl methyl sites for hydroxylation is 2. The molecular weight excluding hydrogens is 124 g/mol. The molecule has 2 heteroatoms. The molecule has 0 unspecified atom stereocenters. The van der Waals surface area contributed by atoms with Crippen LogP contribution in [-0.2, 0) is 12.8 Å². The molecule has 0 atom stereocenters. The third-order valence-corrected chi connectivity index (χ3v) is 1.60. The van der Waals surface area contributed by atoms with Gasteiger partial charge in [-0.05, 0) is 24.8 Å². The first kappa shape index (κ1) is 7.32. The van der Waals surface area contributed by atoms with Crippen LogP contribution in [0.25, 0.3) is 0 Å². The number of nitrogens with one attached hydrogen (secondary N) is 1. The average Bonchev–Trinajstić information content (AvgIpc) is 2.36. The molecule has 1 N–H and O–H groups in total. The van der Waals surface area contributed by atoms with Crippen LogP contribution in [0.15, 0.2) is 6.20 Å². The number of aromatic nitrogens is 2. The lowest BCUT2D eigenvalue weighted by atomic mass is 10.1. The third-order valence-electron chi connectivity index (χ3n) is 1.60. The van der Waals surface area contributed by atoms with E-state index in [1.165, 1.54) is 11.3 Å². The van der Waals surface area contributed by atoms with Gasteiger partial charge in [-0.25, -0.2) is 0 Å². The number of aromatic amines is 1. The second-order valence-corrected chi connectivity index (χ2v) is 2.31. The van der Waals surface area contributed by atoms with E-state index in [0.717, 1.165) is 19.3 Å². The van der Waals surface area contributed by atoms with Crippen molar-refractivity contribution in [2.75, 3.05) is 0 Å². The van der Waals surface area contributed by atoms with Crippen molar-refractivity contribution < 1.29 is 0 Å². The molecule has 1 rings (SSSR count). The Bertz CT molecular complexity index is 191. The Balaban J connectivity index is 2.70. The molecule has 1 heterocycles. The maximum Gasteiger partial charge on any atom is 0.0653 e. The first-order valence-corrected chi connectivity index (χ1v) is 3.69. The van der Waals surface area contributed by atoms with Crippen LogP contribution in [0.2, 0.25) is 0 Å². The summed E-state index contributed by atoms with van der Waals surface area (Å²) in [6.45, 7) is 5.92. The summed E-state index contributed by atoms with van der Waals surface area (Å²) in [5, 5.41) is 6.97. The number of H-pyrrole nitrogens is 1. The Labute approximate surface area is 61.7 Å². The molecule has 0 bridgehead atoms. The minimum absolute atomic E-state index is 0.928. The molecule has 0 fully saturated rings. The highest BCUT2D eigenvalue weighted by Gasteiger charge is 2.00. The number of hydrogen-bond donors (Lipinski definition) is 1. The van der Waals surface area contributed by atoms with Gasteiger partial charge in [-0.1, -0.05) is 13.8 Å². The van der Waals surface area contributed by atoms with E-state index in [1.54, 1.807) is 0 Å². The van der Waals surface area contributed by atoms with Gasteiger partial charge in [0.2, 0.25) is 0 Å². The highest BCUT2D eigenvalue weighted by Crippen LogP contribution is 2.06. The molecule has 1 aromatic heterocycles. The van der Waals surface area contributed by atoms with Crippen LogP contribution in [0.3, 0.4) is 0 Å². The van der Waals surface area contributed by atoms with E-state index in [9.17, 15) is 0 Å².